The third-order valence-electron chi connectivity index (χ3n) is 7.11. The number of hydrogen-bond donors (Lipinski definition) is 5. The van der Waals surface area contributed by atoms with Crippen LogP contribution in [-0.4, -0.2) is 97.6 Å². The lowest BCUT2D eigenvalue weighted by Gasteiger charge is -2.38. The van der Waals surface area contributed by atoms with Crippen LogP contribution in [0.25, 0.3) is 27.3 Å². The first kappa shape index (κ1) is 26.1. The molecule has 1 saturated heterocycles. The monoisotopic (exact) mass is 526 g/mol. The molecule has 0 saturated carbocycles. The Labute approximate surface area is 217 Å². The molecule has 2 aromatic carbocycles. The summed E-state index contributed by atoms with van der Waals surface area (Å²) in [5.41, 5.74) is 2.39. The number of hydrogen-bond acceptors (Lipinski definition) is 10. The lowest BCUT2D eigenvalue weighted by Crippen LogP contribution is -2.61. The fourth-order valence-electron chi connectivity index (χ4n) is 4.95. The number of likely N-dealkylation sites (N-methyl/N-ethyl adjacent to an activating group) is 1. The van der Waals surface area contributed by atoms with Gasteiger partial charge in [-0.3, -0.25) is 9.20 Å². The molecule has 5 rings (SSSR count). The highest BCUT2D eigenvalue weighted by atomic mass is 16.7. The number of fused-ring (bicyclic) bond motifs is 2. The SMILES string of the molecule is CCN(CC)CCNc1ccc2ncn3c4ccc(OC5OC(C(=O)O)C(O)C(O)C5O)cc4c(=O)c1c23. The molecule has 5 unspecified atom stereocenters. The van der Waals surface area contributed by atoms with Gasteiger partial charge >= 0.3 is 5.97 Å². The first-order valence-electron chi connectivity index (χ1n) is 12.5. The molecule has 5 atom stereocenters. The Morgan fingerprint density at radius 1 is 1.13 bits per heavy atom. The topological polar surface area (TPSA) is 166 Å². The van der Waals surface area contributed by atoms with Crippen molar-refractivity contribution < 1.29 is 34.7 Å². The molecule has 5 N–H and O–H groups in total. The zero-order chi connectivity index (χ0) is 27.1. The number of nitrogens with one attached hydrogen (secondary N) is 1. The number of carbonyl (C=O) groups is 1. The maximum Gasteiger partial charge on any atom is 0.335 e. The average Bonchev–Trinajstić information content (AvgIpc) is 3.34. The van der Waals surface area contributed by atoms with Crippen LogP contribution in [0.1, 0.15) is 13.8 Å². The van der Waals surface area contributed by atoms with Crippen molar-refractivity contribution in [2.45, 2.75) is 44.6 Å². The molecular weight excluding hydrogens is 496 g/mol. The zero-order valence-corrected chi connectivity index (χ0v) is 20.9. The number of benzene rings is 2. The van der Waals surface area contributed by atoms with Gasteiger partial charge in [0.1, 0.15) is 30.4 Å². The van der Waals surface area contributed by atoms with E-state index in [1.165, 1.54) is 6.07 Å². The summed E-state index contributed by atoms with van der Waals surface area (Å²) in [5, 5.41) is 43.8. The number of aliphatic carboxylic acids is 1. The second-order valence-electron chi connectivity index (χ2n) is 9.29. The van der Waals surface area contributed by atoms with Crippen molar-refractivity contribution in [2.24, 2.45) is 0 Å². The number of nitrogens with zero attached hydrogens (tertiary/aromatic N) is 3. The summed E-state index contributed by atoms with van der Waals surface area (Å²) in [6.45, 7) is 7.50. The Kier molecular flexibility index (Phi) is 7.07. The number of pyridine rings is 1. The quantitative estimate of drug-likeness (QED) is 0.192. The number of carboxylic acid groups (broad SMARTS) is 1. The Bertz CT molecular complexity index is 1520. The van der Waals surface area contributed by atoms with Crippen LogP contribution in [0, 0.1) is 0 Å². The molecule has 12 heteroatoms. The van der Waals surface area contributed by atoms with Gasteiger partial charge in [0.2, 0.25) is 6.29 Å². The summed E-state index contributed by atoms with van der Waals surface area (Å²) < 4.78 is 12.7. The molecule has 0 bridgehead atoms. The smallest absolute Gasteiger partial charge is 0.335 e. The van der Waals surface area contributed by atoms with E-state index in [9.17, 15) is 30.0 Å². The van der Waals surface area contributed by atoms with Crippen molar-refractivity contribution in [3.05, 3.63) is 46.9 Å². The van der Waals surface area contributed by atoms with Gasteiger partial charge in [0, 0.05) is 18.8 Å². The van der Waals surface area contributed by atoms with Crippen molar-refractivity contribution in [3.8, 4) is 5.75 Å². The van der Waals surface area contributed by atoms with Crippen LogP contribution in [0.3, 0.4) is 0 Å². The van der Waals surface area contributed by atoms with Crippen molar-refractivity contribution in [1.82, 2.24) is 14.3 Å². The second-order valence-corrected chi connectivity index (χ2v) is 9.29. The van der Waals surface area contributed by atoms with Gasteiger partial charge in [-0.25, -0.2) is 9.78 Å². The standard InChI is InChI=1S/C26H30N4O8/c1-3-29(4-2)10-9-27-15-6-7-16-19-18(15)20(31)14-11-13(5-8-17(14)30(19)12-28-16)37-26-23(34)21(32)22(33)24(38-26)25(35)36/h5-8,11-12,21-24,26-27,32-34H,3-4,9-10H2,1-2H3,(H,35,36). The Morgan fingerprint density at radius 3 is 2.61 bits per heavy atom. The van der Waals surface area contributed by atoms with Gasteiger partial charge in [0.25, 0.3) is 0 Å². The van der Waals surface area contributed by atoms with Crippen molar-refractivity contribution in [1.29, 1.82) is 0 Å². The third-order valence-corrected chi connectivity index (χ3v) is 7.11. The molecule has 38 heavy (non-hydrogen) atoms. The van der Waals surface area contributed by atoms with E-state index in [0.717, 1.165) is 19.6 Å². The first-order chi connectivity index (χ1) is 18.2. The minimum absolute atomic E-state index is 0.112. The molecule has 2 aromatic heterocycles. The molecule has 1 fully saturated rings. The Balaban J connectivity index is 1.52. The maximum atomic E-state index is 13.8. The highest BCUT2D eigenvalue weighted by Crippen LogP contribution is 2.31. The molecule has 0 aliphatic carbocycles. The molecule has 1 aliphatic heterocycles. The first-order valence-corrected chi connectivity index (χ1v) is 12.5. The molecule has 202 valence electrons. The van der Waals surface area contributed by atoms with Gasteiger partial charge in [-0.15, -0.1) is 0 Å². The van der Waals surface area contributed by atoms with Crippen LogP contribution in [0.2, 0.25) is 0 Å². The summed E-state index contributed by atoms with van der Waals surface area (Å²) in [7, 11) is 0. The van der Waals surface area contributed by atoms with Crippen LogP contribution in [-0.2, 0) is 9.53 Å². The van der Waals surface area contributed by atoms with Crippen LogP contribution in [0.4, 0.5) is 5.69 Å². The van der Waals surface area contributed by atoms with Crippen LogP contribution >= 0.6 is 0 Å². The summed E-state index contributed by atoms with van der Waals surface area (Å²) in [6.07, 6.45) is -7.10. The normalized spacial score (nSPS) is 24.0. The van der Waals surface area contributed by atoms with Crippen LogP contribution in [0.15, 0.2) is 41.5 Å². The highest BCUT2D eigenvalue weighted by Gasteiger charge is 2.48. The maximum absolute atomic E-state index is 13.8. The van der Waals surface area contributed by atoms with Gasteiger partial charge < -0.3 is 40.1 Å². The summed E-state index contributed by atoms with van der Waals surface area (Å²) in [6, 6.07) is 8.37. The molecule has 0 radical (unpaired) electrons. The third kappa shape index (κ3) is 4.40. The molecule has 12 nitrogen and oxygen atoms in total. The fourth-order valence-corrected chi connectivity index (χ4v) is 4.95. The van der Waals surface area contributed by atoms with Crippen LogP contribution in [0.5, 0.6) is 5.75 Å². The van der Waals surface area contributed by atoms with E-state index in [-0.39, 0.29) is 11.2 Å². The number of aliphatic hydroxyl groups excluding tert-OH is 3. The number of aromatic nitrogens is 2. The number of ether oxygens (including phenoxy) is 2. The van der Waals surface area contributed by atoms with Gasteiger partial charge in [-0.2, -0.15) is 0 Å². The van der Waals surface area contributed by atoms with E-state index in [4.69, 9.17) is 9.47 Å². The van der Waals surface area contributed by atoms with Gasteiger partial charge in [0.05, 0.1) is 27.3 Å². The van der Waals surface area contributed by atoms with Gasteiger partial charge in [0.15, 0.2) is 11.5 Å². The summed E-state index contributed by atoms with van der Waals surface area (Å²) in [4.78, 5) is 31.9. The molecular formula is C26H30N4O8. The number of aliphatic hydroxyl groups is 3. The predicted octanol–water partition coefficient (Wildman–Crippen LogP) is 0.463. The summed E-state index contributed by atoms with van der Waals surface area (Å²) >= 11 is 0. The zero-order valence-electron chi connectivity index (χ0n) is 20.9. The van der Waals surface area contributed by atoms with Gasteiger partial charge in [-0.05, 0) is 43.4 Å². The van der Waals surface area contributed by atoms with E-state index >= 15 is 0 Å². The number of imidazole rings is 1. The molecule has 3 heterocycles. The van der Waals surface area contributed by atoms with E-state index in [2.05, 4.69) is 29.0 Å². The molecule has 1 aliphatic rings. The van der Waals surface area contributed by atoms with E-state index in [0.29, 0.717) is 39.6 Å². The fraction of sp³-hybridized carbons (Fsp3) is 0.423. The van der Waals surface area contributed by atoms with E-state index in [1.54, 1.807) is 18.5 Å². The van der Waals surface area contributed by atoms with Crippen LogP contribution < -0.4 is 15.5 Å². The van der Waals surface area contributed by atoms with Crippen molar-refractivity contribution in [2.75, 3.05) is 31.5 Å². The minimum atomic E-state index is -1.83. The Morgan fingerprint density at radius 2 is 1.89 bits per heavy atom. The number of carboxylic acids is 1. The lowest BCUT2D eigenvalue weighted by molar-refractivity contribution is -0.271. The average molecular weight is 527 g/mol. The summed E-state index contributed by atoms with van der Waals surface area (Å²) in [5.74, 6) is -1.40. The van der Waals surface area contributed by atoms with Crippen molar-refractivity contribution >= 4 is 39.0 Å². The Hall–Kier alpha value is -3.55. The number of rotatable bonds is 9. The van der Waals surface area contributed by atoms with E-state index < -0.39 is 36.7 Å². The number of anilines is 1. The second kappa shape index (κ2) is 10.3. The molecule has 0 spiro atoms. The van der Waals surface area contributed by atoms with Gasteiger partial charge in [-0.1, -0.05) is 13.8 Å². The van der Waals surface area contributed by atoms with Crippen molar-refractivity contribution in [3.63, 3.8) is 0 Å². The largest absolute Gasteiger partial charge is 0.479 e. The lowest BCUT2D eigenvalue weighted by atomic mass is 9.99. The molecule has 0 amide bonds. The minimum Gasteiger partial charge on any atom is -0.479 e. The van der Waals surface area contributed by atoms with E-state index in [1.807, 2.05) is 16.5 Å². The highest BCUT2D eigenvalue weighted by molar-refractivity contribution is 6.07. The molecule has 4 aromatic rings. The predicted molar refractivity (Wildman–Crippen MR) is 139 cm³/mol.